The predicted molar refractivity (Wildman–Crippen MR) is 74.4 cm³/mol. The van der Waals surface area contributed by atoms with Crippen LogP contribution in [0.5, 0.6) is 0 Å². The van der Waals surface area contributed by atoms with Crippen LogP contribution in [-0.2, 0) is 7.05 Å². The van der Waals surface area contributed by atoms with Crippen molar-refractivity contribution in [2.45, 2.75) is 25.9 Å². The molecule has 0 radical (unpaired) electrons. The zero-order valence-electron chi connectivity index (χ0n) is 11.1. The van der Waals surface area contributed by atoms with Crippen molar-refractivity contribution in [1.29, 1.82) is 0 Å². The normalized spacial score (nSPS) is 13.2. The van der Waals surface area contributed by atoms with E-state index in [1.165, 1.54) is 0 Å². The summed E-state index contributed by atoms with van der Waals surface area (Å²) in [5.74, 6) is 0.973. The Bertz CT molecular complexity index is 528. The lowest BCUT2D eigenvalue weighted by Crippen LogP contribution is -2.25. The third kappa shape index (κ3) is 2.22. The zero-order chi connectivity index (χ0) is 13.3. The summed E-state index contributed by atoms with van der Waals surface area (Å²) in [6.07, 6.45) is 5.59. The van der Waals surface area contributed by atoms with Gasteiger partial charge in [-0.05, 0) is 36.8 Å². The van der Waals surface area contributed by atoms with Crippen LogP contribution in [0, 0.1) is 0 Å². The molecule has 0 saturated heterocycles. The van der Waals surface area contributed by atoms with E-state index in [1.54, 1.807) is 0 Å². The van der Waals surface area contributed by atoms with E-state index in [-0.39, 0.29) is 6.04 Å². The second-order valence-corrected chi connectivity index (χ2v) is 5.39. The SMILES string of the molecule is CNC(c1nccn1C)c1c(Br)cnn1C(C)C. The van der Waals surface area contributed by atoms with Gasteiger partial charge in [0.15, 0.2) is 0 Å². The summed E-state index contributed by atoms with van der Waals surface area (Å²) < 4.78 is 5.03. The van der Waals surface area contributed by atoms with Crippen molar-refractivity contribution in [1.82, 2.24) is 24.6 Å². The predicted octanol–water partition coefficient (Wildman–Crippen LogP) is 2.27. The number of halogens is 1. The maximum absolute atomic E-state index is 4.42. The monoisotopic (exact) mass is 311 g/mol. The average molecular weight is 312 g/mol. The lowest BCUT2D eigenvalue weighted by Gasteiger charge is -2.20. The Morgan fingerprint density at radius 2 is 2.11 bits per heavy atom. The molecule has 0 bridgehead atoms. The van der Waals surface area contributed by atoms with E-state index in [0.717, 1.165) is 16.0 Å². The molecule has 2 aromatic rings. The van der Waals surface area contributed by atoms with Gasteiger partial charge in [-0.25, -0.2) is 4.98 Å². The molecular formula is C12H18BrN5. The molecule has 0 fully saturated rings. The Hall–Kier alpha value is -1.14. The van der Waals surface area contributed by atoms with Gasteiger partial charge in [0, 0.05) is 25.5 Å². The largest absolute Gasteiger partial charge is 0.336 e. The summed E-state index contributed by atoms with van der Waals surface area (Å²) in [5.41, 5.74) is 1.10. The van der Waals surface area contributed by atoms with Crippen LogP contribution in [-0.4, -0.2) is 26.4 Å². The minimum atomic E-state index is 0.0178. The molecule has 1 unspecified atom stereocenters. The molecular weight excluding hydrogens is 294 g/mol. The van der Waals surface area contributed by atoms with Crippen molar-refractivity contribution < 1.29 is 0 Å². The molecule has 0 aliphatic heterocycles. The van der Waals surface area contributed by atoms with E-state index >= 15 is 0 Å². The summed E-state index contributed by atoms with van der Waals surface area (Å²) in [6.45, 7) is 4.24. The van der Waals surface area contributed by atoms with Gasteiger partial charge in [0.1, 0.15) is 11.9 Å². The van der Waals surface area contributed by atoms with E-state index < -0.39 is 0 Å². The average Bonchev–Trinajstić information content (AvgIpc) is 2.89. The van der Waals surface area contributed by atoms with E-state index in [9.17, 15) is 0 Å². The van der Waals surface area contributed by atoms with Crippen molar-refractivity contribution in [3.8, 4) is 0 Å². The molecule has 18 heavy (non-hydrogen) atoms. The first-order valence-electron chi connectivity index (χ1n) is 5.93. The number of hydrogen-bond donors (Lipinski definition) is 1. The molecule has 1 N–H and O–H groups in total. The van der Waals surface area contributed by atoms with Crippen molar-refractivity contribution >= 4 is 15.9 Å². The molecule has 5 nitrogen and oxygen atoms in total. The second-order valence-electron chi connectivity index (χ2n) is 4.53. The van der Waals surface area contributed by atoms with Crippen LogP contribution < -0.4 is 5.32 Å². The fourth-order valence-electron chi connectivity index (χ4n) is 2.08. The molecule has 0 aromatic carbocycles. The van der Waals surface area contributed by atoms with Crippen molar-refractivity contribution in [3.63, 3.8) is 0 Å². The van der Waals surface area contributed by atoms with Gasteiger partial charge in [-0.3, -0.25) is 4.68 Å². The lowest BCUT2D eigenvalue weighted by molar-refractivity contribution is 0.472. The third-order valence-electron chi connectivity index (χ3n) is 2.95. The van der Waals surface area contributed by atoms with E-state index in [4.69, 9.17) is 0 Å². The van der Waals surface area contributed by atoms with Crippen LogP contribution in [0.15, 0.2) is 23.1 Å². The molecule has 2 rings (SSSR count). The summed E-state index contributed by atoms with van der Waals surface area (Å²) in [7, 11) is 3.93. The molecule has 98 valence electrons. The number of nitrogens with zero attached hydrogens (tertiary/aromatic N) is 4. The number of hydrogen-bond acceptors (Lipinski definition) is 3. The van der Waals surface area contributed by atoms with Crippen LogP contribution in [0.3, 0.4) is 0 Å². The van der Waals surface area contributed by atoms with Gasteiger partial charge in [0.2, 0.25) is 0 Å². The van der Waals surface area contributed by atoms with E-state index in [2.05, 4.69) is 45.2 Å². The summed E-state index contributed by atoms with van der Waals surface area (Å²) in [5, 5.41) is 7.73. The smallest absolute Gasteiger partial charge is 0.131 e. The van der Waals surface area contributed by atoms with Crippen LogP contribution in [0.1, 0.15) is 37.4 Å². The molecule has 6 heteroatoms. The third-order valence-corrected chi connectivity index (χ3v) is 3.57. The maximum atomic E-state index is 4.42. The van der Waals surface area contributed by atoms with E-state index in [0.29, 0.717) is 6.04 Å². The van der Waals surface area contributed by atoms with Crippen LogP contribution >= 0.6 is 15.9 Å². The summed E-state index contributed by atoms with van der Waals surface area (Å²) in [4.78, 5) is 4.42. The molecule has 2 heterocycles. The maximum Gasteiger partial charge on any atom is 0.131 e. The molecule has 0 aliphatic rings. The molecule has 1 atom stereocenters. The molecule has 0 amide bonds. The topological polar surface area (TPSA) is 47.7 Å². The molecule has 0 spiro atoms. The van der Waals surface area contributed by atoms with Crippen molar-refractivity contribution in [2.24, 2.45) is 7.05 Å². The number of aryl methyl sites for hydroxylation is 1. The Balaban J connectivity index is 2.52. The first-order valence-corrected chi connectivity index (χ1v) is 6.73. The Morgan fingerprint density at radius 1 is 1.39 bits per heavy atom. The molecule has 0 saturated carbocycles. The zero-order valence-corrected chi connectivity index (χ0v) is 12.6. The van der Waals surface area contributed by atoms with Gasteiger partial charge in [-0.15, -0.1) is 0 Å². The number of aromatic nitrogens is 4. The minimum Gasteiger partial charge on any atom is -0.336 e. The van der Waals surface area contributed by atoms with Gasteiger partial charge in [0.05, 0.1) is 16.4 Å². The van der Waals surface area contributed by atoms with Gasteiger partial charge >= 0.3 is 0 Å². The van der Waals surface area contributed by atoms with Gasteiger partial charge < -0.3 is 9.88 Å². The number of imidazole rings is 1. The summed E-state index contributed by atoms with van der Waals surface area (Å²) >= 11 is 3.58. The number of rotatable bonds is 4. The summed E-state index contributed by atoms with van der Waals surface area (Å²) in [6, 6.07) is 0.326. The highest BCUT2D eigenvalue weighted by molar-refractivity contribution is 9.10. The minimum absolute atomic E-state index is 0.0178. The highest BCUT2D eigenvalue weighted by atomic mass is 79.9. The fourth-order valence-corrected chi connectivity index (χ4v) is 2.58. The lowest BCUT2D eigenvalue weighted by atomic mass is 10.2. The second kappa shape index (κ2) is 5.24. The van der Waals surface area contributed by atoms with Crippen LogP contribution in [0.2, 0.25) is 0 Å². The molecule has 2 aromatic heterocycles. The fraction of sp³-hybridized carbons (Fsp3) is 0.500. The highest BCUT2D eigenvalue weighted by Crippen LogP contribution is 2.29. The van der Waals surface area contributed by atoms with Gasteiger partial charge in [0.25, 0.3) is 0 Å². The first kappa shape index (κ1) is 13.3. The van der Waals surface area contributed by atoms with Crippen molar-refractivity contribution in [3.05, 3.63) is 34.6 Å². The first-order chi connectivity index (χ1) is 8.56. The number of nitrogens with one attached hydrogen (secondary N) is 1. The van der Waals surface area contributed by atoms with Gasteiger partial charge in [-0.2, -0.15) is 5.10 Å². The van der Waals surface area contributed by atoms with Crippen molar-refractivity contribution in [2.75, 3.05) is 7.05 Å². The van der Waals surface area contributed by atoms with Gasteiger partial charge in [-0.1, -0.05) is 0 Å². The van der Waals surface area contributed by atoms with Crippen LogP contribution in [0.4, 0.5) is 0 Å². The molecule has 0 aliphatic carbocycles. The Morgan fingerprint density at radius 3 is 2.61 bits per heavy atom. The standard InChI is InChI=1S/C12H18BrN5/c1-8(2)18-11(9(13)7-16-18)10(14-3)12-15-5-6-17(12)4/h5-8,10,14H,1-4H3. The highest BCUT2D eigenvalue weighted by Gasteiger charge is 2.24. The van der Waals surface area contributed by atoms with E-state index in [1.807, 2.05) is 41.9 Å². The Labute approximate surface area is 115 Å². The Kier molecular flexibility index (Phi) is 3.87. The quantitative estimate of drug-likeness (QED) is 0.942. The van der Waals surface area contributed by atoms with Crippen LogP contribution in [0.25, 0.3) is 0 Å².